The Morgan fingerprint density at radius 3 is 2.76 bits per heavy atom. The number of benzene rings is 1. The molecular weight excluding hydrogens is 434 g/mol. The van der Waals surface area contributed by atoms with Gasteiger partial charge >= 0.3 is 5.97 Å². The van der Waals surface area contributed by atoms with Gasteiger partial charge in [0.05, 0.1) is 12.1 Å². The van der Waals surface area contributed by atoms with Crippen molar-refractivity contribution in [3.63, 3.8) is 0 Å². The van der Waals surface area contributed by atoms with E-state index in [0.29, 0.717) is 30.7 Å². The molecule has 1 aromatic heterocycles. The number of thiophene rings is 1. The van der Waals surface area contributed by atoms with Gasteiger partial charge in [0.2, 0.25) is 5.91 Å². The Labute approximate surface area is 199 Å². The SMILES string of the molecule is C[C@H](CC#CCc1ccccc1)[C@H](O)/C=C/[C@H]1CCC(=O)N1CCCc1ccc(C(=O)O)s1. The summed E-state index contributed by atoms with van der Waals surface area (Å²) in [6.07, 6.45) is 7.30. The minimum absolute atomic E-state index is 0.00133. The second kappa shape index (κ2) is 12.4. The molecule has 2 aromatic rings. The number of carboxylic acid groups (broad SMARTS) is 1. The normalized spacial score (nSPS) is 17.7. The van der Waals surface area contributed by atoms with Crippen molar-refractivity contribution in [3.05, 3.63) is 69.9 Å². The van der Waals surface area contributed by atoms with E-state index in [1.165, 1.54) is 16.9 Å². The summed E-state index contributed by atoms with van der Waals surface area (Å²) in [5.41, 5.74) is 1.19. The number of aliphatic hydroxyl groups excluding tert-OH is 1. The summed E-state index contributed by atoms with van der Waals surface area (Å²) in [4.78, 5) is 26.6. The van der Waals surface area contributed by atoms with Crippen molar-refractivity contribution in [1.29, 1.82) is 0 Å². The summed E-state index contributed by atoms with van der Waals surface area (Å²) in [5, 5.41) is 19.6. The second-order valence-corrected chi connectivity index (χ2v) is 9.61. The van der Waals surface area contributed by atoms with Gasteiger partial charge in [0.1, 0.15) is 4.88 Å². The van der Waals surface area contributed by atoms with Gasteiger partial charge < -0.3 is 15.1 Å². The smallest absolute Gasteiger partial charge is 0.345 e. The van der Waals surface area contributed by atoms with Crippen LogP contribution < -0.4 is 0 Å². The maximum absolute atomic E-state index is 12.3. The molecule has 1 saturated heterocycles. The summed E-state index contributed by atoms with van der Waals surface area (Å²) < 4.78 is 0. The fourth-order valence-electron chi connectivity index (χ4n) is 3.84. The predicted octanol–water partition coefficient (Wildman–Crippen LogP) is 4.56. The van der Waals surface area contributed by atoms with E-state index in [1.807, 2.05) is 42.2 Å². The van der Waals surface area contributed by atoms with E-state index in [9.17, 15) is 14.7 Å². The highest BCUT2D eigenvalue weighted by Crippen LogP contribution is 2.23. The number of carbonyl (C=O) groups excluding carboxylic acids is 1. The number of carbonyl (C=O) groups is 2. The van der Waals surface area contributed by atoms with Crippen LogP contribution in [0.5, 0.6) is 0 Å². The van der Waals surface area contributed by atoms with Crippen molar-refractivity contribution in [2.24, 2.45) is 5.92 Å². The molecule has 2 N–H and O–H groups in total. The highest BCUT2D eigenvalue weighted by molar-refractivity contribution is 7.13. The molecule has 6 heteroatoms. The quantitative estimate of drug-likeness (QED) is 0.398. The first-order valence-electron chi connectivity index (χ1n) is 11.4. The van der Waals surface area contributed by atoms with E-state index < -0.39 is 12.1 Å². The third-order valence-electron chi connectivity index (χ3n) is 5.87. The monoisotopic (exact) mass is 465 g/mol. The summed E-state index contributed by atoms with van der Waals surface area (Å²) in [6.45, 7) is 2.61. The van der Waals surface area contributed by atoms with Crippen LogP contribution in [0.4, 0.5) is 0 Å². The standard InChI is InChI=1S/C27H31NO4S/c1-20(8-5-6-11-21-9-3-2-4-10-21)24(29)16-13-22-14-18-26(30)28(22)19-7-12-23-15-17-25(33-23)27(31)32/h2-4,9-10,13,15-17,20,22,24,29H,7-8,11-12,14,18-19H2,1H3,(H,31,32)/b16-13+/t20-,22+,24-/m1/s1. The molecule has 1 fully saturated rings. The van der Waals surface area contributed by atoms with Gasteiger partial charge in [-0.3, -0.25) is 4.79 Å². The van der Waals surface area contributed by atoms with Gasteiger partial charge in [-0.2, -0.15) is 0 Å². The van der Waals surface area contributed by atoms with Crippen LogP contribution in [-0.4, -0.2) is 45.7 Å². The maximum Gasteiger partial charge on any atom is 0.345 e. The van der Waals surface area contributed by atoms with Crippen LogP contribution in [0.25, 0.3) is 0 Å². The lowest BCUT2D eigenvalue weighted by molar-refractivity contribution is -0.128. The van der Waals surface area contributed by atoms with Crippen LogP contribution in [0, 0.1) is 17.8 Å². The number of amides is 1. The van der Waals surface area contributed by atoms with E-state index in [4.69, 9.17) is 5.11 Å². The Hall–Kier alpha value is -2.88. The van der Waals surface area contributed by atoms with Gasteiger partial charge in [0.15, 0.2) is 0 Å². The molecule has 3 atom stereocenters. The van der Waals surface area contributed by atoms with Crippen LogP contribution in [0.1, 0.15) is 52.7 Å². The Kier molecular flexibility index (Phi) is 9.29. The van der Waals surface area contributed by atoms with Crippen LogP contribution in [0.2, 0.25) is 0 Å². The average Bonchev–Trinajstić information content (AvgIpc) is 3.43. The topological polar surface area (TPSA) is 77.8 Å². The lowest BCUT2D eigenvalue weighted by Gasteiger charge is -2.23. The molecule has 1 aromatic carbocycles. The first kappa shape index (κ1) is 24.8. The van der Waals surface area contributed by atoms with Crippen LogP contribution >= 0.6 is 11.3 Å². The Balaban J connectivity index is 1.44. The van der Waals surface area contributed by atoms with Gasteiger partial charge in [0, 0.05) is 30.7 Å². The number of rotatable bonds is 10. The fourth-order valence-corrected chi connectivity index (χ4v) is 4.73. The van der Waals surface area contributed by atoms with Gasteiger partial charge in [-0.25, -0.2) is 4.79 Å². The van der Waals surface area contributed by atoms with Crippen molar-refractivity contribution in [2.45, 2.75) is 57.6 Å². The van der Waals surface area contributed by atoms with Crippen molar-refractivity contribution >= 4 is 23.2 Å². The first-order valence-corrected chi connectivity index (χ1v) is 12.2. The molecule has 174 valence electrons. The molecular formula is C27H31NO4S. The van der Waals surface area contributed by atoms with E-state index in [2.05, 4.69) is 24.0 Å². The third-order valence-corrected chi connectivity index (χ3v) is 7.00. The molecule has 5 nitrogen and oxygen atoms in total. The maximum atomic E-state index is 12.3. The third kappa shape index (κ3) is 7.59. The van der Waals surface area contributed by atoms with Crippen molar-refractivity contribution in [1.82, 2.24) is 4.90 Å². The zero-order valence-electron chi connectivity index (χ0n) is 18.9. The molecule has 0 bridgehead atoms. The van der Waals surface area contributed by atoms with Gasteiger partial charge in [-0.15, -0.1) is 17.3 Å². The lowest BCUT2D eigenvalue weighted by Crippen LogP contribution is -2.33. The Bertz CT molecular complexity index is 1020. The molecule has 2 heterocycles. The number of aromatic carboxylic acids is 1. The molecule has 0 aliphatic carbocycles. The molecule has 33 heavy (non-hydrogen) atoms. The average molecular weight is 466 g/mol. The zero-order chi connectivity index (χ0) is 23.6. The number of carboxylic acids is 1. The second-order valence-electron chi connectivity index (χ2n) is 8.44. The molecule has 0 radical (unpaired) electrons. The van der Waals surface area contributed by atoms with E-state index in [-0.39, 0.29) is 17.9 Å². The summed E-state index contributed by atoms with van der Waals surface area (Å²) >= 11 is 1.29. The molecule has 0 spiro atoms. The van der Waals surface area contributed by atoms with E-state index in [0.717, 1.165) is 24.1 Å². The lowest BCUT2D eigenvalue weighted by atomic mass is 9.99. The highest BCUT2D eigenvalue weighted by Gasteiger charge is 2.28. The molecule has 0 saturated carbocycles. The van der Waals surface area contributed by atoms with Gasteiger partial charge in [-0.05, 0) is 42.9 Å². The first-order chi connectivity index (χ1) is 15.9. The number of nitrogens with zero attached hydrogens (tertiary/aromatic N) is 1. The number of hydrogen-bond acceptors (Lipinski definition) is 4. The number of aryl methyl sites for hydroxylation is 1. The molecule has 0 unspecified atom stereocenters. The van der Waals surface area contributed by atoms with Crippen LogP contribution in [0.3, 0.4) is 0 Å². The number of aliphatic hydroxyl groups is 1. The predicted molar refractivity (Wildman–Crippen MR) is 131 cm³/mol. The summed E-state index contributed by atoms with van der Waals surface area (Å²) in [5.74, 6) is 5.58. The summed E-state index contributed by atoms with van der Waals surface area (Å²) in [6, 6.07) is 13.6. The highest BCUT2D eigenvalue weighted by atomic mass is 32.1. The molecule has 3 rings (SSSR count). The van der Waals surface area contributed by atoms with Crippen molar-refractivity contribution in [3.8, 4) is 11.8 Å². The van der Waals surface area contributed by atoms with Gasteiger partial charge in [0.25, 0.3) is 0 Å². The van der Waals surface area contributed by atoms with E-state index in [1.54, 1.807) is 12.1 Å². The molecule has 1 aliphatic rings. The zero-order valence-corrected chi connectivity index (χ0v) is 19.8. The fraction of sp³-hybridized carbons (Fsp3) is 0.407. The van der Waals surface area contributed by atoms with Gasteiger partial charge in [-0.1, -0.05) is 55.3 Å². The van der Waals surface area contributed by atoms with E-state index >= 15 is 0 Å². The van der Waals surface area contributed by atoms with Crippen molar-refractivity contribution < 1.29 is 19.8 Å². The van der Waals surface area contributed by atoms with Crippen LogP contribution in [-0.2, 0) is 17.6 Å². The minimum atomic E-state index is -0.902. The Morgan fingerprint density at radius 2 is 2.03 bits per heavy atom. The molecule has 1 amide bonds. The largest absolute Gasteiger partial charge is 0.477 e. The Morgan fingerprint density at radius 1 is 1.24 bits per heavy atom. The molecule has 1 aliphatic heterocycles. The summed E-state index contributed by atoms with van der Waals surface area (Å²) in [7, 11) is 0. The number of hydrogen-bond donors (Lipinski definition) is 2. The van der Waals surface area contributed by atoms with Crippen molar-refractivity contribution in [2.75, 3.05) is 6.54 Å². The van der Waals surface area contributed by atoms with Crippen LogP contribution in [0.15, 0.2) is 54.6 Å². The number of likely N-dealkylation sites (tertiary alicyclic amines) is 1. The minimum Gasteiger partial charge on any atom is -0.477 e.